The first-order valence-electron chi connectivity index (χ1n) is 10.3. The second-order valence-corrected chi connectivity index (χ2v) is 9.32. The van der Waals surface area contributed by atoms with E-state index in [-0.39, 0.29) is 18.0 Å². The lowest BCUT2D eigenvalue weighted by Gasteiger charge is -2.33. The van der Waals surface area contributed by atoms with Crippen LogP contribution in [0.5, 0.6) is 11.5 Å². The zero-order valence-electron chi connectivity index (χ0n) is 18.7. The van der Waals surface area contributed by atoms with Crippen molar-refractivity contribution in [1.29, 1.82) is 0 Å². The summed E-state index contributed by atoms with van der Waals surface area (Å²) in [5.41, 5.74) is -0.116. The van der Waals surface area contributed by atoms with Crippen LogP contribution in [0.15, 0.2) is 12.1 Å². The molecule has 7 nitrogen and oxygen atoms in total. The number of benzene rings is 1. The van der Waals surface area contributed by atoms with Crippen LogP contribution in [-0.4, -0.2) is 55.3 Å². The quantitative estimate of drug-likeness (QED) is 0.704. The molecule has 1 fully saturated rings. The molecule has 30 heavy (non-hydrogen) atoms. The summed E-state index contributed by atoms with van der Waals surface area (Å²) in [5.74, 6) is 0.963. The predicted octanol–water partition coefficient (Wildman–Crippen LogP) is 4.51. The van der Waals surface area contributed by atoms with Crippen LogP contribution in [0.3, 0.4) is 0 Å². The highest BCUT2D eigenvalue weighted by Crippen LogP contribution is 2.36. The predicted molar refractivity (Wildman–Crippen MR) is 117 cm³/mol. The standard InChI is InChI=1S/C22H33ClN2O5/c1-14(2)13-29-19-17(23)11-15(12-18(19)28-6)20(26)24-16-7-9-25(10-8-16)21(27)30-22(3,4)5/h11-12,14,16H,7-10,13H2,1-6H3,(H,24,26). The molecule has 0 aliphatic carbocycles. The third-order valence-corrected chi connectivity index (χ3v) is 4.82. The summed E-state index contributed by atoms with van der Waals surface area (Å²) >= 11 is 6.35. The van der Waals surface area contributed by atoms with Gasteiger partial charge in [0, 0.05) is 24.7 Å². The van der Waals surface area contributed by atoms with E-state index in [1.165, 1.54) is 7.11 Å². The third-order valence-electron chi connectivity index (χ3n) is 4.53. The van der Waals surface area contributed by atoms with Crippen molar-refractivity contribution in [2.75, 3.05) is 26.8 Å². The molecule has 8 heteroatoms. The van der Waals surface area contributed by atoms with Crippen LogP contribution in [0.25, 0.3) is 0 Å². The first-order chi connectivity index (χ1) is 14.0. The van der Waals surface area contributed by atoms with Crippen molar-refractivity contribution in [3.8, 4) is 11.5 Å². The summed E-state index contributed by atoms with van der Waals surface area (Å²) in [7, 11) is 1.52. The first-order valence-corrected chi connectivity index (χ1v) is 10.7. The molecular weight excluding hydrogens is 408 g/mol. The van der Waals surface area contributed by atoms with Gasteiger partial charge in [-0.25, -0.2) is 4.79 Å². The maximum atomic E-state index is 12.7. The van der Waals surface area contributed by atoms with Crippen LogP contribution in [-0.2, 0) is 4.74 Å². The van der Waals surface area contributed by atoms with E-state index in [9.17, 15) is 9.59 Å². The lowest BCUT2D eigenvalue weighted by atomic mass is 10.0. The van der Waals surface area contributed by atoms with E-state index in [0.717, 1.165) is 0 Å². The summed E-state index contributed by atoms with van der Waals surface area (Å²) in [4.78, 5) is 26.6. The van der Waals surface area contributed by atoms with Crippen molar-refractivity contribution in [3.05, 3.63) is 22.7 Å². The van der Waals surface area contributed by atoms with E-state index >= 15 is 0 Å². The van der Waals surface area contributed by atoms with Crippen LogP contribution >= 0.6 is 11.6 Å². The first kappa shape index (κ1) is 24.1. The minimum absolute atomic E-state index is 0.0298. The fraction of sp³-hybridized carbons (Fsp3) is 0.636. The molecule has 2 amide bonds. The van der Waals surface area contributed by atoms with Gasteiger partial charge in [0.1, 0.15) is 5.60 Å². The van der Waals surface area contributed by atoms with Crippen LogP contribution in [0.1, 0.15) is 57.8 Å². The van der Waals surface area contributed by atoms with Gasteiger partial charge in [-0.05, 0) is 51.7 Å². The maximum absolute atomic E-state index is 12.7. The molecule has 0 unspecified atom stereocenters. The van der Waals surface area contributed by atoms with E-state index in [1.54, 1.807) is 17.0 Å². The van der Waals surface area contributed by atoms with Gasteiger partial charge < -0.3 is 24.4 Å². The third kappa shape index (κ3) is 6.97. The molecule has 0 bridgehead atoms. The number of rotatable bonds is 6. The Morgan fingerprint density at radius 2 is 1.87 bits per heavy atom. The Morgan fingerprint density at radius 3 is 2.40 bits per heavy atom. The molecule has 0 atom stereocenters. The smallest absolute Gasteiger partial charge is 0.410 e. The van der Waals surface area contributed by atoms with Crippen molar-refractivity contribution in [2.45, 2.75) is 59.1 Å². The van der Waals surface area contributed by atoms with Gasteiger partial charge >= 0.3 is 6.09 Å². The van der Waals surface area contributed by atoms with Crippen LogP contribution in [0, 0.1) is 5.92 Å². The number of likely N-dealkylation sites (tertiary alicyclic amines) is 1. The Kier molecular flexibility index (Phi) is 8.24. The highest BCUT2D eigenvalue weighted by molar-refractivity contribution is 6.32. The number of nitrogens with one attached hydrogen (secondary N) is 1. The molecule has 1 aliphatic rings. The zero-order chi connectivity index (χ0) is 22.5. The van der Waals surface area contributed by atoms with E-state index in [2.05, 4.69) is 5.32 Å². The molecule has 1 aliphatic heterocycles. The Morgan fingerprint density at radius 1 is 1.23 bits per heavy atom. The number of ether oxygens (including phenoxy) is 3. The van der Waals surface area contributed by atoms with E-state index in [0.29, 0.717) is 60.5 Å². The zero-order valence-corrected chi connectivity index (χ0v) is 19.5. The highest BCUT2D eigenvalue weighted by Gasteiger charge is 2.28. The van der Waals surface area contributed by atoms with Gasteiger partial charge in [-0.1, -0.05) is 25.4 Å². The lowest BCUT2D eigenvalue weighted by Crippen LogP contribution is -2.47. The molecule has 1 aromatic rings. The largest absolute Gasteiger partial charge is 0.493 e. The van der Waals surface area contributed by atoms with Gasteiger partial charge in [0.15, 0.2) is 11.5 Å². The number of methoxy groups -OCH3 is 1. The topological polar surface area (TPSA) is 77.1 Å². The number of nitrogens with zero attached hydrogens (tertiary/aromatic N) is 1. The van der Waals surface area contributed by atoms with Crippen molar-refractivity contribution >= 4 is 23.6 Å². The number of piperidine rings is 1. The summed E-state index contributed by atoms with van der Waals surface area (Å²) in [6, 6.07) is 3.19. The molecule has 0 aromatic heterocycles. The molecule has 168 valence electrons. The fourth-order valence-corrected chi connectivity index (χ4v) is 3.31. The van der Waals surface area contributed by atoms with E-state index < -0.39 is 5.60 Å². The normalized spacial score (nSPS) is 15.1. The SMILES string of the molecule is COc1cc(C(=O)NC2CCN(C(=O)OC(C)(C)C)CC2)cc(Cl)c1OCC(C)C. The Balaban J connectivity index is 1.97. The van der Waals surface area contributed by atoms with Crippen molar-refractivity contribution < 1.29 is 23.8 Å². The number of carbonyl (C=O) groups excluding carboxylic acids is 2. The molecule has 1 aromatic carbocycles. The van der Waals surface area contributed by atoms with Crippen LogP contribution in [0.4, 0.5) is 4.79 Å². The van der Waals surface area contributed by atoms with E-state index in [4.69, 9.17) is 25.8 Å². The minimum atomic E-state index is -0.522. The second-order valence-electron chi connectivity index (χ2n) is 8.91. The fourth-order valence-electron chi connectivity index (χ4n) is 3.04. The summed E-state index contributed by atoms with van der Waals surface area (Å²) in [6.45, 7) is 11.2. The molecule has 0 radical (unpaired) electrons. The van der Waals surface area contributed by atoms with E-state index in [1.807, 2.05) is 34.6 Å². The Labute approximate surface area is 184 Å². The number of amides is 2. The Bertz CT molecular complexity index is 753. The van der Waals surface area contributed by atoms with Gasteiger partial charge in [0.2, 0.25) is 0 Å². The average Bonchev–Trinajstić information content (AvgIpc) is 2.65. The summed E-state index contributed by atoms with van der Waals surface area (Å²) in [5, 5.41) is 3.35. The molecular formula is C22H33ClN2O5. The lowest BCUT2D eigenvalue weighted by molar-refractivity contribution is 0.0199. The molecule has 0 spiro atoms. The number of hydrogen-bond donors (Lipinski definition) is 1. The Hall–Kier alpha value is -2.15. The van der Waals surface area contributed by atoms with Gasteiger partial charge in [0.25, 0.3) is 5.91 Å². The van der Waals surface area contributed by atoms with Gasteiger partial charge in [0.05, 0.1) is 18.7 Å². The maximum Gasteiger partial charge on any atom is 0.410 e. The second kappa shape index (κ2) is 10.2. The average molecular weight is 441 g/mol. The molecule has 1 heterocycles. The summed E-state index contributed by atoms with van der Waals surface area (Å²) < 4.78 is 16.5. The highest BCUT2D eigenvalue weighted by atomic mass is 35.5. The van der Waals surface area contributed by atoms with Gasteiger partial charge in [-0.3, -0.25) is 4.79 Å². The number of hydrogen-bond acceptors (Lipinski definition) is 5. The van der Waals surface area contributed by atoms with Gasteiger partial charge in [-0.2, -0.15) is 0 Å². The van der Waals surface area contributed by atoms with Crippen molar-refractivity contribution in [1.82, 2.24) is 10.2 Å². The van der Waals surface area contributed by atoms with Crippen LogP contribution in [0.2, 0.25) is 5.02 Å². The van der Waals surface area contributed by atoms with Gasteiger partial charge in [-0.15, -0.1) is 0 Å². The number of carbonyl (C=O) groups is 2. The van der Waals surface area contributed by atoms with Crippen molar-refractivity contribution in [2.24, 2.45) is 5.92 Å². The van der Waals surface area contributed by atoms with Crippen LogP contribution < -0.4 is 14.8 Å². The number of halogens is 1. The molecule has 1 saturated heterocycles. The minimum Gasteiger partial charge on any atom is -0.493 e. The van der Waals surface area contributed by atoms with Crippen molar-refractivity contribution in [3.63, 3.8) is 0 Å². The summed E-state index contributed by atoms with van der Waals surface area (Å²) in [6.07, 6.45) is 0.998. The molecule has 1 N–H and O–H groups in total. The monoisotopic (exact) mass is 440 g/mol. The molecule has 2 rings (SSSR count). The molecule has 0 saturated carbocycles.